The quantitative estimate of drug-likeness (QED) is 0.701. The fraction of sp³-hybridized carbons (Fsp3) is 0.462. The molecule has 4 nitrogen and oxygen atoms in total. The van der Waals surface area contributed by atoms with E-state index < -0.39 is 5.97 Å². The van der Waals surface area contributed by atoms with Crippen LogP contribution in [0.15, 0.2) is 24.3 Å². The number of carbonyl (C=O) groups is 1. The topological polar surface area (TPSA) is 69.6 Å². The Morgan fingerprint density at radius 3 is 2.35 bits per heavy atom. The normalized spacial score (nSPS) is 14.3. The first-order valence-electron chi connectivity index (χ1n) is 5.71. The van der Waals surface area contributed by atoms with E-state index in [9.17, 15) is 4.79 Å². The van der Waals surface area contributed by atoms with Crippen LogP contribution in [-0.4, -0.2) is 28.8 Å². The van der Waals surface area contributed by atoms with Crippen LogP contribution in [0.3, 0.4) is 0 Å². The van der Waals surface area contributed by atoms with Crippen molar-refractivity contribution in [1.29, 1.82) is 0 Å². The van der Waals surface area contributed by atoms with E-state index in [1.165, 1.54) is 0 Å². The lowest BCUT2D eigenvalue weighted by atomic mass is 10.0. The molecule has 1 aromatic rings. The number of hydrogen-bond donors (Lipinski definition) is 3. The van der Waals surface area contributed by atoms with Crippen LogP contribution in [0.2, 0.25) is 0 Å². The number of aromatic carboxylic acids is 1. The molecule has 3 N–H and O–H groups in total. The number of aliphatic hydroxyl groups excluding tert-OH is 1. The van der Waals surface area contributed by atoms with Gasteiger partial charge >= 0.3 is 5.97 Å². The number of benzene rings is 1. The zero-order valence-corrected chi connectivity index (χ0v) is 10.2. The van der Waals surface area contributed by atoms with Gasteiger partial charge in [0.15, 0.2) is 0 Å². The van der Waals surface area contributed by atoms with Gasteiger partial charge in [-0.15, -0.1) is 0 Å². The first-order valence-corrected chi connectivity index (χ1v) is 5.71. The average molecular weight is 237 g/mol. The molecular weight excluding hydrogens is 218 g/mol. The van der Waals surface area contributed by atoms with E-state index >= 15 is 0 Å². The molecule has 1 aromatic carbocycles. The van der Waals surface area contributed by atoms with Gasteiger partial charge in [-0.25, -0.2) is 4.79 Å². The van der Waals surface area contributed by atoms with E-state index in [1.54, 1.807) is 24.3 Å². The van der Waals surface area contributed by atoms with Crippen molar-refractivity contribution >= 4 is 5.97 Å². The molecule has 0 aliphatic heterocycles. The van der Waals surface area contributed by atoms with Crippen molar-refractivity contribution in [2.45, 2.75) is 26.4 Å². The van der Waals surface area contributed by atoms with Crippen molar-refractivity contribution in [3.05, 3.63) is 35.4 Å². The summed E-state index contributed by atoms with van der Waals surface area (Å²) in [6, 6.07) is 7.01. The lowest BCUT2D eigenvalue weighted by molar-refractivity contribution is 0.0697. The maximum absolute atomic E-state index is 10.7. The summed E-state index contributed by atoms with van der Waals surface area (Å²) in [5, 5.41) is 21.0. The lowest BCUT2D eigenvalue weighted by Gasteiger charge is -2.19. The maximum atomic E-state index is 10.7. The fourth-order valence-corrected chi connectivity index (χ4v) is 1.40. The third-order valence-electron chi connectivity index (χ3n) is 2.97. The standard InChI is InChI=1S/C13H19NO3/c1-9(8-15)10(2)14-7-11-3-5-12(6-4-11)13(16)17/h3-6,9-10,14-15H,7-8H2,1-2H3,(H,16,17). The minimum Gasteiger partial charge on any atom is -0.478 e. The molecule has 17 heavy (non-hydrogen) atoms. The van der Waals surface area contributed by atoms with E-state index in [-0.39, 0.29) is 18.6 Å². The van der Waals surface area contributed by atoms with Crippen molar-refractivity contribution in [3.63, 3.8) is 0 Å². The average Bonchev–Trinajstić information content (AvgIpc) is 2.35. The summed E-state index contributed by atoms with van der Waals surface area (Å²) in [5.74, 6) is -0.708. The Balaban J connectivity index is 2.50. The highest BCUT2D eigenvalue weighted by Crippen LogP contribution is 2.06. The van der Waals surface area contributed by atoms with Crippen LogP contribution in [0, 0.1) is 5.92 Å². The molecule has 0 aliphatic carbocycles. The number of rotatable bonds is 6. The summed E-state index contributed by atoms with van der Waals surface area (Å²) < 4.78 is 0. The van der Waals surface area contributed by atoms with Gasteiger partial charge in [0.05, 0.1) is 5.56 Å². The fourth-order valence-electron chi connectivity index (χ4n) is 1.40. The van der Waals surface area contributed by atoms with Gasteiger partial charge in [0.2, 0.25) is 0 Å². The molecule has 0 aliphatic rings. The van der Waals surface area contributed by atoms with Crippen LogP contribution in [0.4, 0.5) is 0 Å². The Morgan fingerprint density at radius 1 is 1.29 bits per heavy atom. The van der Waals surface area contributed by atoms with Crippen molar-refractivity contribution in [2.75, 3.05) is 6.61 Å². The molecule has 1 rings (SSSR count). The predicted octanol–water partition coefficient (Wildman–Crippen LogP) is 1.49. The monoisotopic (exact) mass is 237 g/mol. The van der Waals surface area contributed by atoms with Gasteiger partial charge in [-0.1, -0.05) is 19.1 Å². The zero-order valence-electron chi connectivity index (χ0n) is 10.2. The largest absolute Gasteiger partial charge is 0.478 e. The van der Waals surface area contributed by atoms with Gasteiger partial charge in [-0.05, 0) is 30.5 Å². The Kier molecular flexibility index (Phi) is 5.12. The van der Waals surface area contributed by atoms with Crippen molar-refractivity contribution in [1.82, 2.24) is 5.32 Å². The lowest BCUT2D eigenvalue weighted by Crippen LogP contribution is -2.33. The molecule has 0 saturated carbocycles. The molecule has 0 saturated heterocycles. The van der Waals surface area contributed by atoms with E-state index in [0.717, 1.165) is 5.56 Å². The third-order valence-corrected chi connectivity index (χ3v) is 2.97. The van der Waals surface area contributed by atoms with Crippen molar-refractivity contribution in [2.24, 2.45) is 5.92 Å². The van der Waals surface area contributed by atoms with Gasteiger partial charge in [-0.2, -0.15) is 0 Å². The highest BCUT2D eigenvalue weighted by Gasteiger charge is 2.10. The van der Waals surface area contributed by atoms with E-state index in [4.69, 9.17) is 10.2 Å². The molecule has 0 aromatic heterocycles. The Labute approximate surface area is 101 Å². The van der Waals surface area contributed by atoms with Gasteiger partial charge in [0.1, 0.15) is 0 Å². The second kappa shape index (κ2) is 6.37. The molecule has 0 bridgehead atoms. The predicted molar refractivity (Wildman–Crippen MR) is 66.0 cm³/mol. The second-order valence-corrected chi connectivity index (χ2v) is 4.33. The Bertz CT molecular complexity index is 361. The molecule has 0 amide bonds. The van der Waals surface area contributed by atoms with E-state index in [2.05, 4.69) is 5.32 Å². The summed E-state index contributed by atoms with van der Waals surface area (Å²) in [6.45, 7) is 4.83. The molecular formula is C13H19NO3. The number of carboxylic acids is 1. The summed E-state index contributed by atoms with van der Waals surface area (Å²) >= 11 is 0. The Hall–Kier alpha value is -1.39. The van der Waals surface area contributed by atoms with Crippen LogP contribution >= 0.6 is 0 Å². The molecule has 2 unspecified atom stereocenters. The van der Waals surface area contributed by atoms with Crippen LogP contribution in [0.5, 0.6) is 0 Å². The highest BCUT2D eigenvalue weighted by atomic mass is 16.4. The smallest absolute Gasteiger partial charge is 0.335 e. The first kappa shape index (κ1) is 13.7. The molecule has 0 heterocycles. The minimum atomic E-state index is -0.910. The van der Waals surface area contributed by atoms with Gasteiger partial charge < -0.3 is 15.5 Å². The SMILES string of the molecule is CC(CO)C(C)NCc1ccc(C(=O)O)cc1. The highest BCUT2D eigenvalue weighted by molar-refractivity contribution is 5.87. The van der Waals surface area contributed by atoms with Crippen LogP contribution < -0.4 is 5.32 Å². The number of hydrogen-bond acceptors (Lipinski definition) is 3. The number of nitrogens with one attached hydrogen (secondary N) is 1. The molecule has 2 atom stereocenters. The molecule has 94 valence electrons. The van der Waals surface area contributed by atoms with Crippen LogP contribution in [-0.2, 0) is 6.54 Å². The molecule has 4 heteroatoms. The minimum absolute atomic E-state index is 0.159. The second-order valence-electron chi connectivity index (χ2n) is 4.33. The van der Waals surface area contributed by atoms with Crippen LogP contribution in [0.1, 0.15) is 29.8 Å². The number of carboxylic acid groups (broad SMARTS) is 1. The maximum Gasteiger partial charge on any atom is 0.335 e. The summed E-state index contributed by atoms with van der Waals surface area (Å²) in [5.41, 5.74) is 1.33. The third kappa shape index (κ3) is 4.17. The molecule has 0 fully saturated rings. The van der Waals surface area contributed by atoms with Crippen molar-refractivity contribution in [3.8, 4) is 0 Å². The van der Waals surface area contributed by atoms with E-state index in [1.807, 2.05) is 13.8 Å². The summed E-state index contributed by atoms with van der Waals surface area (Å²) in [7, 11) is 0. The summed E-state index contributed by atoms with van der Waals surface area (Å²) in [6.07, 6.45) is 0. The molecule has 0 spiro atoms. The van der Waals surface area contributed by atoms with Gasteiger partial charge in [-0.3, -0.25) is 0 Å². The van der Waals surface area contributed by atoms with E-state index in [0.29, 0.717) is 12.1 Å². The van der Waals surface area contributed by atoms with Crippen molar-refractivity contribution < 1.29 is 15.0 Å². The van der Waals surface area contributed by atoms with Gasteiger partial charge in [0.25, 0.3) is 0 Å². The number of aliphatic hydroxyl groups is 1. The Morgan fingerprint density at radius 2 is 1.88 bits per heavy atom. The van der Waals surface area contributed by atoms with Gasteiger partial charge in [0, 0.05) is 19.2 Å². The van der Waals surface area contributed by atoms with Crippen LogP contribution in [0.25, 0.3) is 0 Å². The first-order chi connectivity index (χ1) is 8.04. The summed E-state index contributed by atoms with van der Waals surface area (Å²) in [4.78, 5) is 10.7. The molecule has 0 radical (unpaired) electrons. The zero-order chi connectivity index (χ0) is 12.8.